The Morgan fingerprint density at radius 3 is 2.29 bits per heavy atom. The van der Waals surface area contributed by atoms with Gasteiger partial charge >= 0.3 is 5.97 Å². The van der Waals surface area contributed by atoms with Crippen LogP contribution < -0.4 is 4.74 Å². The highest BCUT2D eigenvalue weighted by Crippen LogP contribution is 2.23. The number of esters is 1. The average Bonchev–Trinajstić information content (AvgIpc) is 2.59. The van der Waals surface area contributed by atoms with Crippen LogP contribution in [0, 0.1) is 5.82 Å². The summed E-state index contributed by atoms with van der Waals surface area (Å²) in [6.07, 6.45) is -1.10. The monoisotopic (exact) mass is 331 g/mol. The molecule has 0 aliphatic rings. The summed E-state index contributed by atoms with van der Waals surface area (Å²) in [4.78, 5) is 26.0. The smallest absolute Gasteiger partial charge is 0.339 e. The van der Waals surface area contributed by atoms with E-state index in [1.165, 1.54) is 24.1 Å². The van der Waals surface area contributed by atoms with Crippen molar-refractivity contribution in [1.29, 1.82) is 0 Å². The third-order valence-electron chi connectivity index (χ3n) is 3.38. The number of ether oxygens (including phenoxy) is 2. The molecule has 0 aliphatic heterocycles. The van der Waals surface area contributed by atoms with Crippen LogP contribution in [0.3, 0.4) is 0 Å². The van der Waals surface area contributed by atoms with E-state index in [9.17, 15) is 14.0 Å². The Morgan fingerprint density at radius 1 is 1.08 bits per heavy atom. The molecule has 0 radical (unpaired) electrons. The van der Waals surface area contributed by atoms with E-state index in [4.69, 9.17) is 9.47 Å². The van der Waals surface area contributed by atoms with Gasteiger partial charge < -0.3 is 14.4 Å². The highest BCUT2D eigenvalue weighted by molar-refractivity contribution is 5.92. The summed E-state index contributed by atoms with van der Waals surface area (Å²) in [5, 5.41) is 0. The molecular formula is C18H18FNO4. The zero-order valence-electron chi connectivity index (χ0n) is 13.7. The number of methoxy groups -OCH3 is 1. The molecule has 2 aromatic rings. The van der Waals surface area contributed by atoms with Crippen LogP contribution in [0.25, 0.3) is 0 Å². The first-order valence-corrected chi connectivity index (χ1v) is 7.24. The van der Waals surface area contributed by atoms with Crippen molar-refractivity contribution in [3.63, 3.8) is 0 Å². The van der Waals surface area contributed by atoms with Gasteiger partial charge in [-0.15, -0.1) is 0 Å². The molecule has 126 valence electrons. The predicted octanol–water partition coefficient (Wildman–Crippen LogP) is 2.82. The van der Waals surface area contributed by atoms with E-state index >= 15 is 0 Å². The fourth-order valence-corrected chi connectivity index (χ4v) is 2.09. The Morgan fingerprint density at radius 2 is 1.75 bits per heavy atom. The Hall–Kier alpha value is -2.89. The van der Waals surface area contributed by atoms with E-state index in [1.54, 1.807) is 44.4 Å². The molecule has 0 aromatic heterocycles. The number of carbonyl (C=O) groups excluding carboxylic acids is 2. The fraction of sp³-hybridized carbons (Fsp3) is 0.222. The van der Waals surface area contributed by atoms with E-state index in [0.29, 0.717) is 5.56 Å². The number of halogens is 1. The van der Waals surface area contributed by atoms with Gasteiger partial charge in [-0.25, -0.2) is 9.18 Å². The number of hydrogen-bond donors (Lipinski definition) is 0. The maximum atomic E-state index is 13.8. The summed E-state index contributed by atoms with van der Waals surface area (Å²) in [5.74, 6) is -1.83. The van der Waals surface area contributed by atoms with Crippen LogP contribution in [-0.4, -0.2) is 38.0 Å². The van der Waals surface area contributed by atoms with Crippen LogP contribution in [0.1, 0.15) is 22.0 Å². The van der Waals surface area contributed by atoms with E-state index in [-0.39, 0.29) is 17.2 Å². The van der Waals surface area contributed by atoms with Gasteiger partial charge in [-0.2, -0.15) is 0 Å². The van der Waals surface area contributed by atoms with E-state index < -0.39 is 17.9 Å². The number of amides is 1. The summed E-state index contributed by atoms with van der Waals surface area (Å²) in [5.41, 5.74) is 0.541. The fourth-order valence-electron chi connectivity index (χ4n) is 2.09. The number of rotatable bonds is 5. The maximum absolute atomic E-state index is 13.8. The van der Waals surface area contributed by atoms with Gasteiger partial charge in [0.15, 0.2) is 11.6 Å². The first-order valence-electron chi connectivity index (χ1n) is 7.24. The SMILES string of the molecule is COc1ccc(C(=O)O[C@H](C(=O)N(C)C)c2ccccc2)cc1F. The zero-order valence-corrected chi connectivity index (χ0v) is 13.7. The van der Waals surface area contributed by atoms with Gasteiger partial charge in [0.05, 0.1) is 12.7 Å². The summed E-state index contributed by atoms with van der Waals surface area (Å²) in [6, 6.07) is 12.4. The normalized spacial score (nSPS) is 11.5. The topological polar surface area (TPSA) is 55.8 Å². The van der Waals surface area contributed by atoms with Crippen LogP contribution in [0.5, 0.6) is 5.75 Å². The van der Waals surface area contributed by atoms with Gasteiger partial charge in [-0.3, -0.25) is 4.79 Å². The summed E-state index contributed by atoms with van der Waals surface area (Å²) < 4.78 is 23.9. The van der Waals surface area contributed by atoms with Crippen molar-refractivity contribution in [3.05, 3.63) is 65.5 Å². The molecule has 0 spiro atoms. The second-order valence-corrected chi connectivity index (χ2v) is 5.28. The molecule has 0 aliphatic carbocycles. The van der Waals surface area contributed by atoms with Crippen LogP contribution in [0.4, 0.5) is 4.39 Å². The molecular weight excluding hydrogens is 313 g/mol. The number of likely N-dealkylation sites (N-methyl/N-ethyl adjacent to an activating group) is 1. The highest BCUT2D eigenvalue weighted by atomic mass is 19.1. The molecule has 2 aromatic carbocycles. The molecule has 5 nitrogen and oxygen atoms in total. The van der Waals surface area contributed by atoms with Crippen molar-refractivity contribution in [1.82, 2.24) is 4.90 Å². The van der Waals surface area contributed by atoms with Gasteiger partial charge in [0, 0.05) is 19.7 Å². The number of carbonyl (C=O) groups is 2. The lowest BCUT2D eigenvalue weighted by Gasteiger charge is -2.21. The molecule has 1 amide bonds. The predicted molar refractivity (Wildman–Crippen MR) is 86.2 cm³/mol. The molecule has 0 N–H and O–H groups in total. The molecule has 0 heterocycles. The Bertz CT molecular complexity index is 731. The summed E-state index contributed by atoms with van der Waals surface area (Å²) in [6.45, 7) is 0. The molecule has 2 rings (SSSR count). The van der Waals surface area contributed by atoms with Crippen molar-refractivity contribution in [2.45, 2.75) is 6.10 Å². The van der Waals surface area contributed by atoms with Crippen molar-refractivity contribution in [2.75, 3.05) is 21.2 Å². The lowest BCUT2D eigenvalue weighted by atomic mass is 10.1. The number of nitrogens with zero attached hydrogens (tertiary/aromatic N) is 1. The average molecular weight is 331 g/mol. The highest BCUT2D eigenvalue weighted by Gasteiger charge is 2.27. The molecule has 24 heavy (non-hydrogen) atoms. The molecule has 0 bridgehead atoms. The van der Waals surface area contributed by atoms with Gasteiger partial charge in [0.25, 0.3) is 5.91 Å². The van der Waals surface area contributed by atoms with Gasteiger partial charge in [-0.05, 0) is 18.2 Å². The summed E-state index contributed by atoms with van der Waals surface area (Å²) in [7, 11) is 4.47. The number of hydrogen-bond acceptors (Lipinski definition) is 4. The largest absolute Gasteiger partial charge is 0.494 e. The van der Waals surface area contributed by atoms with E-state index in [0.717, 1.165) is 6.07 Å². The van der Waals surface area contributed by atoms with Gasteiger partial charge in [0.1, 0.15) is 0 Å². The lowest BCUT2D eigenvalue weighted by molar-refractivity contribution is -0.138. The first-order chi connectivity index (χ1) is 11.4. The second kappa shape index (κ2) is 7.59. The van der Waals surface area contributed by atoms with E-state index in [2.05, 4.69) is 0 Å². The standard InChI is InChI=1S/C18H18FNO4/c1-20(2)17(21)16(12-7-5-4-6-8-12)24-18(22)13-9-10-15(23-3)14(19)11-13/h4-11,16H,1-3H3/t16-/m0/s1. The number of benzene rings is 2. The van der Waals surface area contributed by atoms with Crippen LogP contribution >= 0.6 is 0 Å². The molecule has 6 heteroatoms. The van der Waals surface area contributed by atoms with Gasteiger partial charge in [-0.1, -0.05) is 30.3 Å². The molecule has 0 saturated heterocycles. The summed E-state index contributed by atoms with van der Waals surface area (Å²) >= 11 is 0. The molecule has 1 atom stereocenters. The molecule has 0 fully saturated rings. The van der Waals surface area contributed by atoms with E-state index in [1.807, 2.05) is 0 Å². The van der Waals surface area contributed by atoms with Crippen LogP contribution in [-0.2, 0) is 9.53 Å². The first kappa shape index (κ1) is 17.5. The van der Waals surface area contributed by atoms with Crippen molar-refractivity contribution in [2.24, 2.45) is 0 Å². The quantitative estimate of drug-likeness (QED) is 0.791. The van der Waals surface area contributed by atoms with Gasteiger partial charge in [0.2, 0.25) is 6.10 Å². The second-order valence-electron chi connectivity index (χ2n) is 5.28. The Balaban J connectivity index is 2.27. The maximum Gasteiger partial charge on any atom is 0.339 e. The molecule has 0 saturated carbocycles. The Labute approximate surface area is 139 Å². The third kappa shape index (κ3) is 3.90. The minimum absolute atomic E-state index is 0.000729. The minimum Gasteiger partial charge on any atom is -0.494 e. The Kier molecular flexibility index (Phi) is 5.52. The lowest BCUT2D eigenvalue weighted by Crippen LogP contribution is -2.31. The molecule has 0 unspecified atom stereocenters. The van der Waals surface area contributed by atoms with Crippen molar-refractivity contribution < 1.29 is 23.5 Å². The van der Waals surface area contributed by atoms with Crippen molar-refractivity contribution in [3.8, 4) is 5.75 Å². The van der Waals surface area contributed by atoms with Crippen LogP contribution in [0.15, 0.2) is 48.5 Å². The van der Waals surface area contributed by atoms with Crippen LogP contribution in [0.2, 0.25) is 0 Å². The minimum atomic E-state index is -1.10. The zero-order chi connectivity index (χ0) is 17.7. The third-order valence-corrected chi connectivity index (χ3v) is 3.38. The van der Waals surface area contributed by atoms with Crippen molar-refractivity contribution >= 4 is 11.9 Å².